The first-order chi connectivity index (χ1) is 8.54. The fraction of sp³-hybridized carbons (Fsp3) is 0.250. The maximum atomic E-state index is 11.1. The highest BCUT2D eigenvalue weighted by molar-refractivity contribution is 6.34. The number of carbonyl (C=O) groups is 2. The van der Waals surface area contributed by atoms with Gasteiger partial charge in [0, 0.05) is 26.8 Å². The highest BCUT2D eigenvalue weighted by atomic mass is 16.2. The molecule has 2 amide bonds. The predicted molar refractivity (Wildman–Crippen MR) is 70.6 cm³/mol. The minimum atomic E-state index is -0.793. The first kappa shape index (κ1) is 13.7. The molecule has 0 unspecified atom stereocenters. The standard InChI is InChI=1S/C12H16N4O2/c1-13-11(17)12(18)15-14-8-9-4-6-10(7-5-9)16(2)3/h4-8H,1-3H3,(H,13,17)(H,15,18). The van der Waals surface area contributed by atoms with E-state index in [9.17, 15) is 9.59 Å². The first-order valence-electron chi connectivity index (χ1n) is 5.37. The molecule has 0 atom stereocenters. The lowest BCUT2D eigenvalue weighted by Gasteiger charge is -2.11. The summed E-state index contributed by atoms with van der Waals surface area (Å²) in [5.74, 6) is -1.52. The second kappa shape index (κ2) is 6.39. The van der Waals surface area contributed by atoms with Gasteiger partial charge in [-0.2, -0.15) is 5.10 Å². The molecule has 0 aliphatic heterocycles. The molecular weight excluding hydrogens is 232 g/mol. The summed E-state index contributed by atoms with van der Waals surface area (Å²) in [6.07, 6.45) is 1.47. The van der Waals surface area contributed by atoms with Crippen LogP contribution < -0.4 is 15.6 Å². The fourth-order valence-corrected chi connectivity index (χ4v) is 1.19. The molecule has 2 N–H and O–H groups in total. The normalized spacial score (nSPS) is 10.2. The number of likely N-dealkylation sites (N-methyl/N-ethyl adjacent to an activating group) is 1. The minimum absolute atomic E-state index is 0.727. The number of nitrogens with one attached hydrogen (secondary N) is 2. The molecule has 0 bridgehead atoms. The van der Waals surface area contributed by atoms with Gasteiger partial charge in [0.05, 0.1) is 6.21 Å². The van der Waals surface area contributed by atoms with Gasteiger partial charge in [-0.1, -0.05) is 12.1 Å². The lowest BCUT2D eigenvalue weighted by atomic mass is 10.2. The molecule has 6 nitrogen and oxygen atoms in total. The van der Waals surface area contributed by atoms with Gasteiger partial charge in [0.15, 0.2) is 0 Å². The third-order valence-electron chi connectivity index (χ3n) is 2.22. The molecule has 96 valence electrons. The van der Waals surface area contributed by atoms with Gasteiger partial charge in [0.25, 0.3) is 0 Å². The molecule has 1 aromatic carbocycles. The summed E-state index contributed by atoms with van der Waals surface area (Å²) in [6, 6.07) is 7.60. The zero-order chi connectivity index (χ0) is 13.5. The molecule has 1 rings (SSSR count). The second-order valence-electron chi connectivity index (χ2n) is 3.76. The summed E-state index contributed by atoms with van der Waals surface area (Å²) in [4.78, 5) is 23.9. The Kier molecular flexibility index (Phi) is 4.86. The molecule has 6 heteroatoms. The van der Waals surface area contributed by atoms with Gasteiger partial charge in [-0.05, 0) is 17.7 Å². The molecular formula is C12H16N4O2. The van der Waals surface area contributed by atoms with Crippen LogP contribution in [0.25, 0.3) is 0 Å². The number of benzene rings is 1. The number of nitrogens with zero attached hydrogens (tertiary/aromatic N) is 2. The van der Waals surface area contributed by atoms with Crippen LogP contribution >= 0.6 is 0 Å². The monoisotopic (exact) mass is 248 g/mol. The maximum Gasteiger partial charge on any atom is 0.329 e. The molecule has 0 fully saturated rings. The Morgan fingerprint density at radius 2 is 1.78 bits per heavy atom. The molecule has 0 heterocycles. The van der Waals surface area contributed by atoms with E-state index >= 15 is 0 Å². The lowest BCUT2D eigenvalue weighted by molar-refractivity contribution is -0.138. The fourth-order valence-electron chi connectivity index (χ4n) is 1.19. The van der Waals surface area contributed by atoms with E-state index in [0.717, 1.165) is 11.3 Å². The Morgan fingerprint density at radius 1 is 1.17 bits per heavy atom. The molecule has 1 aromatic rings. The van der Waals surface area contributed by atoms with Crippen molar-refractivity contribution in [2.24, 2.45) is 5.10 Å². The Bertz CT molecular complexity index is 452. The Balaban J connectivity index is 2.57. The summed E-state index contributed by atoms with van der Waals surface area (Å²) in [6.45, 7) is 0. The summed E-state index contributed by atoms with van der Waals surface area (Å²) in [5, 5.41) is 5.89. The number of amides is 2. The maximum absolute atomic E-state index is 11.1. The molecule has 0 aromatic heterocycles. The van der Waals surface area contributed by atoms with Crippen molar-refractivity contribution in [1.29, 1.82) is 0 Å². The minimum Gasteiger partial charge on any atom is -0.378 e. The molecule has 18 heavy (non-hydrogen) atoms. The number of hydrazone groups is 1. The third kappa shape index (κ3) is 3.89. The van der Waals surface area contributed by atoms with Crippen molar-refractivity contribution >= 4 is 23.7 Å². The molecule has 0 aliphatic rings. The van der Waals surface area contributed by atoms with Crippen molar-refractivity contribution in [3.63, 3.8) is 0 Å². The van der Waals surface area contributed by atoms with Crippen LogP contribution in [0.4, 0.5) is 5.69 Å². The van der Waals surface area contributed by atoms with E-state index in [1.165, 1.54) is 13.3 Å². The van der Waals surface area contributed by atoms with Gasteiger partial charge in [0.1, 0.15) is 0 Å². The Hall–Kier alpha value is -2.37. The van der Waals surface area contributed by atoms with Crippen LogP contribution in [-0.4, -0.2) is 39.2 Å². The molecule has 0 spiro atoms. The second-order valence-corrected chi connectivity index (χ2v) is 3.76. The third-order valence-corrected chi connectivity index (χ3v) is 2.22. The van der Waals surface area contributed by atoms with Gasteiger partial charge in [-0.25, -0.2) is 5.43 Å². The van der Waals surface area contributed by atoms with E-state index in [0.29, 0.717) is 0 Å². The zero-order valence-corrected chi connectivity index (χ0v) is 10.6. The van der Waals surface area contributed by atoms with Crippen molar-refractivity contribution in [2.75, 3.05) is 26.0 Å². The topological polar surface area (TPSA) is 73.8 Å². The summed E-state index contributed by atoms with van der Waals surface area (Å²) in [7, 11) is 5.28. The Labute approximate surface area is 106 Å². The number of hydrogen-bond acceptors (Lipinski definition) is 4. The van der Waals surface area contributed by atoms with E-state index in [1.54, 1.807) is 0 Å². The SMILES string of the molecule is CNC(=O)C(=O)NN=Cc1ccc(N(C)C)cc1. The highest BCUT2D eigenvalue weighted by Gasteiger charge is 2.08. The molecule has 0 radical (unpaired) electrons. The van der Waals surface area contributed by atoms with Gasteiger partial charge in [-0.15, -0.1) is 0 Å². The highest BCUT2D eigenvalue weighted by Crippen LogP contribution is 2.10. The van der Waals surface area contributed by atoms with Crippen molar-refractivity contribution in [3.8, 4) is 0 Å². The number of anilines is 1. The van der Waals surface area contributed by atoms with Gasteiger partial charge < -0.3 is 10.2 Å². The van der Waals surface area contributed by atoms with Crippen molar-refractivity contribution < 1.29 is 9.59 Å². The van der Waals surface area contributed by atoms with Gasteiger partial charge >= 0.3 is 11.8 Å². The van der Waals surface area contributed by atoms with E-state index < -0.39 is 11.8 Å². The van der Waals surface area contributed by atoms with Crippen LogP contribution in [0.1, 0.15) is 5.56 Å². The van der Waals surface area contributed by atoms with Crippen molar-refractivity contribution in [1.82, 2.24) is 10.7 Å². The summed E-state index contributed by atoms with van der Waals surface area (Å²) >= 11 is 0. The van der Waals surface area contributed by atoms with Crippen LogP contribution in [0, 0.1) is 0 Å². The van der Waals surface area contributed by atoms with Crippen molar-refractivity contribution in [2.45, 2.75) is 0 Å². The zero-order valence-electron chi connectivity index (χ0n) is 10.6. The van der Waals surface area contributed by atoms with Crippen LogP contribution in [0.3, 0.4) is 0 Å². The van der Waals surface area contributed by atoms with Gasteiger partial charge in [-0.3, -0.25) is 9.59 Å². The molecule has 0 saturated carbocycles. The largest absolute Gasteiger partial charge is 0.378 e. The number of hydrogen-bond donors (Lipinski definition) is 2. The van der Waals surface area contributed by atoms with Crippen LogP contribution in [0.15, 0.2) is 29.4 Å². The van der Waals surface area contributed by atoms with Crippen molar-refractivity contribution in [3.05, 3.63) is 29.8 Å². The van der Waals surface area contributed by atoms with E-state index in [4.69, 9.17) is 0 Å². The van der Waals surface area contributed by atoms with E-state index in [2.05, 4.69) is 15.8 Å². The van der Waals surface area contributed by atoms with Crippen LogP contribution in [0.2, 0.25) is 0 Å². The number of rotatable bonds is 3. The van der Waals surface area contributed by atoms with Crippen LogP contribution in [-0.2, 0) is 9.59 Å². The summed E-state index contributed by atoms with van der Waals surface area (Å²) in [5.41, 5.74) is 4.03. The average Bonchev–Trinajstić information content (AvgIpc) is 2.38. The average molecular weight is 248 g/mol. The van der Waals surface area contributed by atoms with E-state index in [1.807, 2.05) is 43.3 Å². The first-order valence-corrected chi connectivity index (χ1v) is 5.37. The van der Waals surface area contributed by atoms with E-state index in [-0.39, 0.29) is 0 Å². The lowest BCUT2D eigenvalue weighted by Crippen LogP contribution is -2.35. The predicted octanol–water partition coefficient (Wildman–Crippen LogP) is -0.0513. The quantitative estimate of drug-likeness (QED) is 0.447. The molecule has 0 aliphatic carbocycles. The van der Waals surface area contributed by atoms with Crippen LogP contribution in [0.5, 0.6) is 0 Å². The number of carbonyl (C=O) groups excluding carboxylic acids is 2. The smallest absolute Gasteiger partial charge is 0.329 e. The summed E-state index contributed by atoms with van der Waals surface area (Å²) < 4.78 is 0. The Morgan fingerprint density at radius 3 is 2.28 bits per heavy atom. The van der Waals surface area contributed by atoms with Gasteiger partial charge in [0.2, 0.25) is 0 Å². The molecule has 0 saturated heterocycles.